The van der Waals surface area contributed by atoms with Crippen LogP contribution in [0, 0.1) is 0 Å². The van der Waals surface area contributed by atoms with Crippen molar-refractivity contribution in [1.29, 1.82) is 0 Å². The molecular formula is C13H17N5O2. The van der Waals surface area contributed by atoms with Crippen LogP contribution in [0.25, 0.3) is 11.3 Å². The molecule has 2 aromatic rings. The van der Waals surface area contributed by atoms with Crippen LogP contribution < -0.4 is 0 Å². The number of methoxy groups -OCH3 is 1. The van der Waals surface area contributed by atoms with Gasteiger partial charge in [-0.25, -0.2) is 9.48 Å². The van der Waals surface area contributed by atoms with E-state index in [0.717, 1.165) is 18.4 Å². The molecule has 1 aliphatic carbocycles. The van der Waals surface area contributed by atoms with Crippen LogP contribution >= 0.6 is 0 Å². The van der Waals surface area contributed by atoms with E-state index in [1.807, 2.05) is 17.9 Å². The Morgan fingerprint density at radius 1 is 1.40 bits per heavy atom. The Labute approximate surface area is 116 Å². The zero-order valence-electron chi connectivity index (χ0n) is 11.6. The van der Waals surface area contributed by atoms with Crippen molar-refractivity contribution in [2.75, 3.05) is 7.11 Å². The fourth-order valence-corrected chi connectivity index (χ4v) is 2.74. The van der Waals surface area contributed by atoms with Gasteiger partial charge >= 0.3 is 5.97 Å². The number of aromatic nitrogens is 5. The molecule has 2 heterocycles. The van der Waals surface area contributed by atoms with Crippen LogP contribution in [0.3, 0.4) is 0 Å². The molecule has 0 radical (unpaired) electrons. The minimum absolute atomic E-state index is 0.257. The standard InChI is InChI=1S/C13H17N5O2/c1-17-8-9(7-14-17)12-11(13(19)20-2)15-16-18(12)10-5-3-4-6-10/h7-8,10H,3-6H2,1-2H3. The zero-order chi connectivity index (χ0) is 14.1. The normalized spacial score (nSPS) is 15.7. The van der Waals surface area contributed by atoms with Crippen LogP contribution in [0.5, 0.6) is 0 Å². The highest BCUT2D eigenvalue weighted by Crippen LogP contribution is 2.33. The van der Waals surface area contributed by atoms with Crippen molar-refractivity contribution in [3.8, 4) is 11.3 Å². The summed E-state index contributed by atoms with van der Waals surface area (Å²) in [6, 6.07) is 0.302. The van der Waals surface area contributed by atoms with Crippen molar-refractivity contribution in [3.63, 3.8) is 0 Å². The number of nitrogens with zero attached hydrogens (tertiary/aromatic N) is 5. The van der Waals surface area contributed by atoms with Crippen molar-refractivity contribution < 1.29 is 9.53 Å². The first-order valence-corrected chi connectivity index (χ1v) is 6.73. The maximum absolute atomic E-state index is 11.9. The lowest BCUT2D eigenvalue weighted by molar-refractivity contribution is 0.0595. The third kappa shape index (κ3) is 2.09. The molecule has 20 heavy (non-hydrogen) atoms. The maximum Gasteiger partial charge on any atom is 0.360 e. The van der Waals surface area contributed by atoms with Gasteiger partial charge in [-0.15, -0.1) is 5.10 Å². The first-order chi connectivity index (χ1) is 9.70. The third-order valence-electron chi connectivity index (χ3n) is 3.72. The molecule has 3 rings (SSSR count). The number of esters is 1. The number of ether oxygens (including phenoxy) is 1. The van der Waals surface area contributed by atoms with Crippen LogP contribution in [-0.2, 0) is 11.8 Å². The van der Waals surface area contributed by atoms with Gasteiger partial charge in [-0.1, -0.05) is 18.1 Å². The summed E-state index contributed by atoms with van der Waals surface area (Å²) in [6.45, 7) is 0. The van der Waals surface area contributed by atoms with Gasteiger partial charge in [0.25, 0.3) is 0 Å². The van der Waals surface area contributed by atoms with E-state index in [1.165, 1.54) is 20.0 Å². The Morgan fingerprint density at radius 3 is 2.75 bits per heavy atom. The van der Waals surface area contributed by atoms with Crippen LogP contribution in [0.15, 0.2) is 12.4 Å². The van der Waals surface area contributed by atoms with Crippen molar-refractivity contribution >= 4 is 5.97 Å². The number of rotatable bonds is 3. The van der Waals surface area contributed by atoms with Gasteiger partial charge in [0.1, 0.15) is 5.69 Å². The second kappa shape index (κ2) is 5.07. The fourth-order valence-electron chi connectivity index (χ4n) is 2.74. The second-order valence-corrected chi connectivity index (χ2v) is 5.06. The van der Waals surface area contributed by atoms with E-state index in [1.54, 1.807) is 10.9 Å². The van der Waals surface area contributed by atoms with Gasteiger partial charge in [0, 0.05) is 18.8 Å². The average Bonchev–Trinajstić information content (AvgIpc) is 3.16. The molecule has 1 fully saturated rings. The number of hydrogen-bond donors (Lipinski definition) is 0. The highest BCUT2D eigenvalue weighted by molar-refractivity contribution is 5.93. The Hall–Kier alpha value is -2.18. The van der Waals surface area contributed by atoms with Crippen LogP contribution in [0.1, 0.15) is 42.2 Å². The van der Waals surface area contributed by atoms with Crippen molar-refractivity contribution in [2.45, 2.75) is 31.7 Å². The second-order valence-electron chi connectivity index (χ2n) is 5.06. The highest BCUT2D eigenvalue weighted by atomic mass is 16.5. The van der Waals surface area contributed by atoms with E-state index in [0.29, 0.717) is 11.7 Å². The molecule has 7 nitrogen and oxygen atoms in total. The number of carbonyl (C=O) groups excluding carboxylic acids is 1. The lowest BCUT2D eigenvalue weighted by atomic mass is 10.1. The molecule has 0 atom stereocenters. The Morgan fingerprint density at radius 2 is 2.15 bits per heavy atom. The summed E-state index contributed by atoms with van der Waals surface area (Å²) in [5, 5.41) is 12.4. The predicted molar refractivity (Wildman–Crippen MR) is 71.1 cm³/mol. The molecule has 0 saturated heterocycles. The molecule has 7 heteroatoms. The van der Waals surface area contributed by atoms with Crippen LogP contribution in [0.4, 0.5) is 0 Å². The number of carbonyl (C=O) groups is 1. The minimum Gasteiger partial charge on any atom is -0.464 e. The van der Waals surface area contributed by atoms with Crippen LogP contribution in [0.2, 0.25) is 0 Å². The maximum atomic E-state index is 11.9. The first-order valence-electron chi connectivity index (χ1n) is 6.73. The molecule has 0 aromatic carbocycles. The van der Waals surface area contributed by atoms with E-state index in [4.69, 9.17) is 4.74 Å². The molecule has 0 aliphatic heterocycles. The summed E-state index contributed by atoms with van der Waals surface area (Å²) >= 11 is 0. The van der Waals surface area contributed by atoms with Gasteiger partial charge < -0.3 is 4.74 Å². The monoisotopic (exact) mass is 275 g/mol. The Kier molecular flexibility index (Phi) is 3.25. The topological polar surface area (TPSA) is 74.8 Å². The van der Waals surface area contributed by atoms with E-state index in [2.05, 4.69) is 15.4 Å². The summed E-state index contributed by atoms with van der Waals surface area (Å²) in [7, 11) is 3.19. The Bertz CT molecular complexity index is 624. The lowest BCUT2D eigenvalue weighted by Gasteiger charge is -2.12. The summed E-state index contributed by atoms with van der Waals surface area (Å²) in [4.78, 5) is 11.9. The molecule has 0 bridgehead atoms. The van der Waals surface area contributed by atoms with Crippen molar-refractivity contribution in [1.82, 2.24) is 24.8 Å². The van der Waals surface area contributed by atoms with Gasteiger partial charge in [0.15, 0.2) is 5.69 Å². The summed E-state index contributed by atoms with van der Waals surface area (Å²) in [5.41, 5.74) is 1.80. The Balaban J connectivity index is 2.11. The average molecular weight is 275 g/mol. The van der Waals surface area contributed by atoms with Gasteiger partial charge in [-0.05, 0) is 12.8 Å². The van der Waals surface area contributed by atoms with Gasteiger partial charge in [-0.2, -0.15) is 5.10 Å². The molecule has 0 amide bonds. The lowest BCUT2D eigenvalue weighted by Crippen LogP contribution is -2.10. The van der Waals surface area contributed by atoms with E-state index < -0.39 is 5.97 Å². The molecule has 1 saturated carbocycles. The summed E-state index contributed by atoms with van der Waals surface area (Å²) in [5.74, 6) is -0.465. The summed E-state index contributed by atoms with van der Waals surface area (Å²) in [6.07, 6.45) is 8.08. The molecular weight excluding hydrogens is 258 g/mol. The zero-order valence-corrected chi connectivity index (χ0v) is 11.6. The quantitative estimate of drug-likeness (QED) is 0.795. The number of hydrogen-bond acceptors (Lipinski definition) is 5. The van der Waals surface area contributed by atoms with Gasteiger partial charge in [0.2, 0.25) is 0 Å². The van der Waals surface area contributed by atoms with Crippen molar-refractivity contribution in [2.24, 2.45) is 7.05 Å². The van der Waals surface area contributed by atoms with E-state index in [9.17, 15) is 4.79 Å². The minimum atomic E-state index is -0.465. The van der Waals surface area contributed by atoms with Crippen molar-refractivity contribution in [3.05, 3.63) is 18.1 Å². The first kappa shape index (κ1) is 12.8. The highest BCUT2D eigenvalue weighted by Gasteiger charge is 2.28. The summed E-state index contributed by atoms with van der Waals surface area (Å²) < 4.78 is 8.35. The van der Waals surface area contributed by atoms with Crippen LogP contribution in [-0.4, -0.2) is 37.9 Å². The molecule has 2 aromatic heterocycles. The largest absolute Gasteiger partial charge is 0.464 e. The smallest absolute Gasteiger partial charge is 0.360 e. The molecule has 0 N–H and O–H groups in total. The molecule has 0 unspecified atom stereocenters. The SMILES string of the molecule is COC(=O)c1nnn(C2CCCC2)c1-c1cnn(C)c1. The fraction of sp³-hybridized carbons (Fsp3) is 0.538. The van der Waals surface area contributed by atoms with Gasteiger partial charge in [0.05, 0.1) is 19.3 Å². The number of aryl methyl sites for hydroxylation is 1. The predicted octanol–water partition coefficient (Wildman–Crippen LogP) is 1.58. The molecule has 106 valence electrons. The molecule has 0 spiro atoms. The van der Waals surface area contributed by atoms with E-state index >= 15 is 0 Å². The molecule has 1 aliphatic rings. The van der Waals surface area contributed by atoms with Gasteiger partial charge in [-0.3, -0.25) is 4.68 Å². The van der Waals surface area contributed by atoms with E-state index in [-0.39, 0.29) is 5.69 Å². The third-order valence-corrected chi connectivity index (χ3v) is 3.72.